The molecule has 0 radical (unpaired) electrons. The fourth-order valence-electron chi connectivity index (χ4n) is 4.42. The van der Waals surface area contributed by atoms with Gasteiger partial charge in [-0.15, -0.1) is 0 Å². The summed E-state index contributed by atoms with van der Waals surface area (Å²) in [5, 5.41) is 0. The van der Waals surface area contributed by atoms with E-state index < -0.39 is 17.3 Å². The van der Waals surface area contributed by atoms with Crippen molar-refractivity contribution in [3.8, 4) is 0 Å². The van der Waals surface area contributed by atoms with Crippen molar-refractivity contribution in [2.24, 2.45) is 5.92 Å². The number of piperidine rings is 1. The highest BCUT2D eigenvalue weighted by atomic mass is 19.4. The van der Waals surface area contributed by atoms with Gasteiger partial charge in [0.2, 0.25) is 0 Å². The first-order valence-corrected chi connectivity index (χ1v) is 11.1. The number of ether oxygens (including phenoxy) is 2. The molecular weight excluding hydrogens is 409 g/mol. The van der Waals surface area contributed by atoms with Crippen LogP contribution in [0.1, 0.15) is 76.3 Å². The highest BCUT2D eigenvalue weighted by molar-refractivity contribution is 5.68. The number of halogens is 3. The van der Waals surface area contributed by atoms with E-state index in [9.17, 15) is 18.0 Å². The smallest absolute Gasteiger partial charge is 0.418 e. The predicted molar refractivity (Wildman–Crippen MR) is 111 cm³/mol. The Balaban J connectivity index is 1.41. The Bertz CT molecular complexity index is 732. The van der Waals surface area contributed by atoms with Crippen LogP contribution in [0.2, 0.25) is 0 Å². The standard InChI is InChI=1S/C23H33F3N2O3/c1-22(2,3)31-21(29)28-12-9-16(10-13-28)15-30-18-6-4-17(5-7-18)19-8-11-27-14-20(19)23(24,25)26/h8,11,14,16-18H,4-7,9-10,12-13,15H2,1-3H3. The number of alkyl halides is 3. The van der Waals surface area contributed by atoms with Crippen molar-refractivity contribution in [3.05, 3.63) is 29.6 Å². The first-order chi connectivity index (χ1) is 14.5. The molecule has 2 aliphatic rings. The minimum Gasteiger partial charge on any atom is -0.444 e. The van der Waals surface area contributed by atoms with E-state index in [2.05, 4.69) is 4.98 Å². The molecule has 1 aliphatic heterocycles. The molecular formula is C23H33F3N2O3. The second-order valence-electron chi connectivity index (χ2n) is 9.68. The molecule has 0 atom stereocenters. The molecule has 8 heteroatoms. The van der Waals surface area contributed by atoms with E-state index in [0.717, 1.165) is 31.9 Å². The van der Waals surface area contributed by atoms with Crippen molar-refractivity contribution >= 4 is 6.09 Å². The maximum Gasteiger partial charge on any atom is 0.418 e. The Kier molecular flexibility index (Phi) is 7.50. The zero-order valence-electron chi connectivity index (χ0n) is 18.6. The molecule has 2 heterocycles. The third-order valence-electron chi connectivity index (χ3n) is 6.11. The van der Waals surface area contributed by atoms with E-state index in [-0.39, 0.29) is 18.1 Å². The molecule has 31 heavy (non-hydrogen) atoms. The fraction of sp³-hybridized carbons (Fsp3) is 0.739. The molecule has 1 saturated carbocycles. The highest BCUT2D eigenvalue weighted by Crippen LogP contribution is 2.40. The first kappa shape index (κ1) is 23.8. The number of hydrogen-bond donors (Lipinski definition) is 0. The molecule has 1 saturated heterocycles. The minimum absolute atomic E-state index is 0.0938. The van der Waals surface area contributed by atoms with Crippen molar-refractivity contribution in [3.63, 3.8) is 0 Å². The monoisotopic (exact) mass is 442 g/mol. The quantitative estimate of drug-likeness (QED) is 0.592. The number of rotatable bonds is 4. The minimum atomic E-state index is -4.37. The fourth-order valence-corrected chi connectivity index (χ4v) is 4.42. The third kappa shape index (κ3) is 6.82. The molecule has 0 bridgehead atoms. The molecule has 0 aromatic carbocycles. The number of amides is 1. The van der Waals surface area contributed by atoms with Crippen LogP contribution in [0.15, 0.2) is 18.5 Å². The van der Waals surface area contributed by atoms with Crippen molar-refractivity contribution in [2.45, 2.75) is 83.1 Å². The third-order valence-corrected chi connectivity index (χ3v) is 6.11. The largest absolute Gasteiger partial charge is 0.444 e. The molecule has 1 amide bonds. The second-order valence-corrected chi connectivity index (χ2v) is 9.68. The molecule has 1 aromatic heterocycles. The average molecular weight is 443 g/mol. The number of carbonyl (C=O) groups is 1. The molecule has 2 fully saturated rings. The van der Waals surface area contributed by atoms with E-state index in [1.54, 1.807) is 4.90 Å². The second kappa shape index (κ2) is 9.76. The lowest BCUT2D eigenvalue weighted by atomic mass is 9.81. The van der Waals surface area contributed by atoms with E-state index in [1.807, 2.05) is 20.8 Å². The number of carbonyl (C=O) groups excluding carboxylic acids is 1. The Morgan fingerprint density at radius 3 is 2.32 bits per heavy atom. The Morgan fingerprint density at radius 2 is 1.74 bits per heavy atom. The van der Waals surface area contributed by atoms with Gasteiger partial charge in [0.05, 0.1) is 11.7 Å². The SMILES string of the molecule is CC(C)(C)OC(=O)N1CCC(COC2CCC(c3ccncc3C(F)(F)F)CC2)CC1. The van der Waals surface area contributed by atoms with Crippen LogP contribution < -0.4 is 0 Å². The van der Waals surface area contributed by atoms with Crippen molar-refractivity contribution in [2.75, 3.05) is 19.7 Å². The number of aromatic nitrogens is 1. The molecule has 174 valence electrons. The van der Waals surface area contributed by atoms with Crippen LogP contribution in [0.25, 0.3) is 0 Å². The van der Waals surface area contributed by atoms with Gasteiger partial charge in [-0.25, -0.2) is 4.79 Å². The zero-order chi connectivity index (χ0) is 22.6. The van der Waals surface area contributed by atoms with Crippen molar-refractivity contribution in [1.29, 1.82) is 0 Å². The summed E-state index contributed by atoms with van der Waals surface area (Å²) >= 11 is 0. The molecule has 0 unspecified atom stereocenters. The van der Waals surface area contributed by atoms with Crippen molar-refractivity contribution in [1.82, 2.24) is 9.88 Å². The lowest BCUT2D eigenvalue weighted by molar-refractivity contribution is -0.138. The molecule has 0 spiro atoms. The van der Waals surface area contributed by atoms with Crippen LogP contribution >= 0.6 is 0 Å². The summed E-state index contributed by atoms with van der Waals surface area (Å²) < 4.78 is 51.3. The maximum absolute atomic E-state index is 13.3. The topological polar surface area (TPSA) is 51.7 Å². The lowest BCUT2D eigenvalue weighted by Crippen LogP contribution is -2.42. The van der Waals surface area contributed by atoms with Crippen LogP contribution in [0.3, 0.4) is 0 Å². The average Bonchev–Trinajstić information content (AvgIpc) is 2.71. The maximum atomic E-state index is 13.3. The highest BCUT2D eigenvalue weighted by Gasteiger charge is 2.36. The Labute approximate surface area is 182 Å². The van der Waals surface area contributed by atoms with Gasteiger partial charge in [-0.3, -0.25) is 4.98 Å². The van der Waals surface area contributed by atoms with Crippen molar-refractivity contribution < 1.29 is 27.4 Å². The van der Waals surface area contributed by atoms with Gasteiger partial charge in [0.25, 0.3) is 0 Å². The van der Waals surface area contributed by atoms with E-state index in [0.29, 0.717) is 44.0 Å². The van der Waals surface area contributed by atoms with Crippen LogP contribution in [-0.2, 0) is 15.7 Å². The molecule has 1 aliphatic carbocycles. The van der Waals surface area contributed by atoms with Crippen LogP contribution in [0.4, 0.5) is 18.0 Å². The van der Waals surface area contributed by atoms with Gasteiger partial charge < -0.3 is 14.4 Å². The molecule has 3 rings (SSSR count). The summed E-state index contributed by atoms with van der Waals surface area (Å²) in [4.78, 5) is 17.6. The van der Waals surface area contributed by atoms with Gasteiger partial charge in [-0.05, 0) is 82.8 Å². The number of hydrogen-bond acceptors (Lipinski definition) is 4. The number of nitrogens with zero attached hydrogens (tertiary/aromatic N) is 2. The number of likely N-dealkylation sites (tertiary alicyclic amines) is 1. The van der Waals surface area contributed by atoms with E-state index >= 15 is 0 Å². The van der Waals surface area contributed by atoms with E-state index in [1.165, 1.54) is 12.3 Å². The van der Waals surface area contributed by atoms with Gasteiger partial charge in [-0.2, -0.15) is 13.2 Å². The van der Waals surface area contributed by atoms with Crippen LogP contribution in [-0.4, -0.2) is 47.4 Å². The summed E-state index contributed by atoms with van der Waals surface area (Å²) in [6, 6.07) is 1.51. The van der Waals surface area contributed by atoms with Crippen LogP contribution in [0.5, 0.6) is 0 Å². The van der Waals surface area contributed by atoms with Crippen LogP contribution in [0, 0.1) is 5.92 Å². The Hall–Kier alpha value is -1.83. The predicted octanol–water partition coefficient (Wildman–Crippen LogP) is 5.79. The summed E-state index contributed by atoms with van der Waals surface area (Å²) in [6.45, 7) is 7.55. The number of pyridine rings is 1. The van der Waals surface area contributed by atoms with E-state index in [4.69, 9.17) is 9.47 Å². The molecule has 1 aromatic rings. The van der Waals surface area contributed by atoms with Gasteiger partial charge in [0.15, 0.2) is 0 Å². The summed E-state index contributed by atoms with van der Waals surface area (Å²) in [7, 11) is 0. The summed E-state index contributed by atoms with van der Waals surface area (Å²) in [6.07, 6.45) is 2.49. The first-order valence-electron chi connectivity index (χ1n) is 11.1. The summed E-state index contributed by atoms with van der Waals surface area (Å²) in [5.74, 6) is 0.296. The zero-order valence-corrected chi connectivity index (χ0v) is 18.6. The van der Waals surface area contributed by atoms with Gasteiger partial charge in [0.1, 0.15) is 5.60 Å². The Morgan fingerprint density at radius 1 is 1.10 bits per heavy atom. The lowest BCUT2D eigenvalue weighted by Gasteiger charge is -2.35. The van der Waals surface area contributed by atoms with Gasteiger partial charge >= 0.3 is 12.3 Å². The van der Waals surface area contributed by atoms with Gasteiger partial charge in [0, 0.05) is 32.1 Å². The normalized spacial score (nSPS) is 23.6. The molecule has 5 nitrogen and oxygen atoms in total. The molecule has 0 N–H and O–H groups in total. The summed E-state index contributed by atoms with van der Waals surface area (Å²) in [5.41, 5.74) is -0.751. The van der Waals surface area contributed by atoms with Gasteiger partial charge in [-0.1, -0.05) is 0 Å².